The summed E-state index contributed by atoms with van der Waals surface area (Å²) in [4.78, 5) is 11.1. The van der Waals surface area contributed by atoms with Gasteiger partial charge in [-0.05, 0) is 12.3 Å². The molecule has 3 heteroatoms. The highest BCUT2D eigenvalue weighted by molar-refractivity contribution is 5.81. The largest absolute Gasteiger partial charge is 0.353 e. The lowest BCUT2D eigenvalue weighted by Crippen LogP contribution is -2.30. The zero-order valence-electron chi connectivity index (χ0n) is 7.13. The fraction of sp³-hybridized carbons (Fsp3) is 0.875. The molecule has 2 atom stereocenters. The summed E-state index contributed by atoms with van der Waals surface area (Å²) < 4.78 is 0. The lowest BCUT2D eigenvalue weighted by atomic mass is 9.98. The molecule has 0 aliphatic carbocycles. The molecule has 2 unspecified atom stereocenters. The molecule has 3 N–H and O–H groups in total. The van der Waals surface area contributed by atoms with Crippen LogP contribution in [0.1, 0.15) is 20.3 Å². The zero-order valence-corrected chi connectivity index (χ0v) is 7.13. The molecule has 0 spiro atoms. The lowest BCUT2D eigenvalue weighted by molar-refractivity contribution is -0.122. The van der Waals surface area contributed by atoms with Crippen molar-refractivity contribution < 1.29 is 4.79 Å². The van der Waals surface area contributed by atoms with Crippen LogP contribution in [0.25, 0.3) is 0 Å². The van der Waals surface area contributed by atoms with Crippen molar-refractivity contribution in [3.8, 4) is 0 Å². The third-order valence-electron chi connectivity index (χ3n) is 2.33. The summed E-state index contributed by atoms with van der Waals surface area (Å²) in [5, 5.41) is 2.94. The second kappa shape index (κ2) is 3.22. The fourth-order valence-corrected chi connectivity index (χ4v) is 1.42. The predicted molar refractivity (Wildman–Crippen MR) is 43.9 cm³/mol. The number of hydrogen-bond donors (Lipinski definition) is 2. The van der Waals surface area contributed by atoms with Gasteiger partial charge in [0.15, 0.2) is 0 Å². The van der Waals surface area contributed by atoms with E-state index >= 15 is 0 Å². The van der Waals surface area contributed by atoms with E-state index in [1.165, 1.54) is 0 Å². The Bertz CT molecular complexity index is 156. The molecule has 11 heavy (non-hydrogen) atoms. The van der Waals surface area contributed by atoms with E-state index in [0.717, 1.165) is 6.42 Å². The maximum Gasteiger partial charge on any atom is 0.224 e. The van der Waals surface area contributed by atoms with Crippen molar-refractivity contribution in [3.05, 3.63) is 0 Å². The molecule has 0 aromatic carbocycles. The summed E-state index contributed by atoms with van der Waals surface area (Å²) in [7, 11) is 0. The van der Waals surface area contributed by atoms with Gasteiger partial charge >= 0.3 is 0 Å². The summed E-state index contributed by atoms with van der Waals surface area (Å²) in [6, 6.07) is 0.344. The molecule has 0 bridgehead atoms. The number of hydrogen-bond acceptors (Lipinski definition) is 2. The normalized spacial score (nSPS) is 31.1. The second-order valence-corrected chi connectivity index (χ2v) is 3.53. The van der Waals surface area contributed by atoms with Crippen LogP contribution < -0.4 is 11.1 Å². The lowest BCUT2D eigenvalue weighted by Gasteiger charge is -2.13. The fourth-order valence-electron chi connectivity index (χ4n) is 1.42. The summed E-state index contributed by atoms with van der Waals surface area (Å²) in [5.41, 5.74) is 5.43. The van der Waals surface area contributed by atoms with Gasteiger partial charge < -0.3 is 11.1 Å². The highest BCUT2D eigenvalue weighted by atomic mass is 16.2. The van der Waals surface area contributed by atoms with Gasteiger partial charge in [-0.15, -0.1) is 0 Å². The first-order valence-electron chi connectivity index (χ1n) is 4.15. The Morgan fingerprint density at radius 1 is 1.73 bits per heavy atom. The average molecular weight is 156 g/mol. The van der Waals surface area contributed by atoms with Crippen molar-refractivity contribution in [1.29, 1.82) is 0 Å². The molecule has 1 rings (SSSR count). The van der Waals surface area contributed by atoms with Gasteiger partial charge in [0.2, 0.25) is 5.91 Å². The van der Waals surface area contributed by atoms with Gasteiger partial charge in [-0.1, -0.05) is 13.8 Å². The van der Waals surface area contributed by atoms with Gasteiger partial charge in [-0.3, -0.25) is 4.79 Å². The second-order valence-electron chi connectivity index (χ2n) is 3.53. The van der Waals surface area contributed by atoms with Crippen LogP contribution in [0.2, 0.25) is 0 Å². The number of carbonyl (C=O) groups excluding carboxylic acids is 1. The topological polar surface area (TPSA) is 55.1 Å². The van der Waals surface area contributed by atoms with Crippen LogP contribution in [0.5, 0.6) is 0 Å². The molecule has 0 aromatic heterocycles. The van der Waals surface area contributed by atoms with Gasteiger partial charge in [0.25, 0.3) is 0 Å². The monoisotopic (exact) mass is 156 g/mol. The Kier molecular flexibility index (Phi) is 2.49. The van der Waals surface area contributed by atoms with E-state index in [4.69, 9.17) is 5.73 Å². The molecule has 1 amide bonds. The van der Waals surface area contributed by atoms with Gasteiger partial charge in [0.1, 0.15) is 0 Å². The Hall–Kier alpha value is -0.570. The smallest absolute Gasteiger partial charge is 0.224 e. The third-order valence-corrected chi connectivity index (χ3v) is 2.33. The minimum absolute atomic E-state index is 0.0578. The van der Waals surface area contributed by atoms with Crippen molar-refractivity contribution in [2.45, 2.75) is 26.3 Å². The Balaban J connectivity index is 2.49. The molecule has 0 saturated carbocycles. The summed E-state index contributed by atoms with van der Waals surface area (Å²) in [6.45, 7) is 4.71. The molecule has 1 aliphatic heterocycles. The predicted octanol–water partition coefficient (Wildman–Crippen LogP) is 0.106. The third kappa shape index (κ3) is 1.71. The highest BCUT2D eigenvalue weighted by Crippen LogP contribution is 2.19. The Morgan fingerprint density at radius 3 is 2.64 bits per heavy atom. The van der Waals surface area contributed by atoms with Gasteiger partial charge in [0, 0.05) is 12.6 Å². The first-order chi connectivity index (χ1) is 5.15. The standard InChI is InChI=1S/C8H16N2O/c1-5(2)7-3-6(4-9)8(11)10-7/h5-7H,3-4,9H2,1-2H3,(H,10,11). The number of nitrogens with two attached hydrogens (primary N) is 1. The van der Waals surface area contributed by atoms with Gasteiger partial charge in [-0.25, -0.2) is 0 Å². The summed E-state index contributed by atoms with van der Waals surface area (Å²) >= 11 is 0. The minimum atomic E-state index is 0.0578. The molecule has 1 heterocycles. The van der Waals surface area contributed by atoms with Crippen LogP contribution in [0.4, 0.5) is 0 Å². The SMILES string of the molecule is CC(C)C1CC(CN)C(=O)N1. The van der Waals surface area contributed by atoms with E-state index in [1.807, 2.05) is 0 Å². The summed E-state index contributed by atoms with van der Waals surface area (Å²) in [5.74, 6) is 0.712. The van der Waals surface area contributed by atoms with Crippen LogP contribution in [0, 0.1) is 11.8 Å². The molecular weight excluding hydrogens is 140 g/mol. The van der Waals surface area contributed by atoms with Crippen molar-refractivity contribution in [2.24, 2.45) is 17.6 Å². The number of rotatable bonds is 2. The van der Waals surface area contributed by atoms with Crippen molar-refractivity contribution >= 4 is 5.91 Å². The molecule has 0 radical (unpaired) electrons. The van der Waals surface area contributed by atoms with E-state index in [0.29, 0.717) is 18.5 Å². The molecular formula is C8H16N2O. The molecule has 1 saturated heterocycles. The summed E-state index contributed by atoms with van der Waals surface area (Å²) in [6.07, 6.45) is 0.910. The first kappa shape index (κ1) is 8.53. The van der Waals surface area contributed by atoms with Gasteiger partial charge in [0.05, 0.1) is 5.92 Å². The van der Waals surface area contributed by atoms with E-state index in [9.17, 15) is 4.79 Å². The molecule has 64 valence electrons. The zero-order chi connectivity index (χ0) is 8.43. The van der Waals surface area contributed by atoms with Crippen molar-refractivity contribution in [2.75, 3.05) is 6.54 Å². The first-order valence-corrected chi connectivity index (χ1v) is 4.15. The average Bonchev–Trinajstić information content (AvgIpc) is 2.31. The van der Waals surface area contributed by atoms with E-state index in [2.05, 4.69) is 19.2 Å². The highest BCUT2D eigenvalue weighted by Gasteiger charge is 2.31. The molecule has 1 aliphatic rings. The number of carbonyl (C=O) groups is 1. The number of nitrogens with one attached hydrogen (secondary N) is 1. The minimum Gasteiger partial charge on any atom is -0.353 e. The molecule has 0 aromatic rings. The van der Waals surface area contributed by atoms with Crippen LogP contribution in [-0.4, -0.2) is 18.5 Å². The van der Waals surface area contributed by atoms with E-state index in [1.54, 1.807) is 0 Å². The van der Waals surface area contributed by atoms with E-state index < -0.39 is 0 Å². The molecule has 3 nitrogen and oxygen atoms in total. The van der Waals surface area contributed by atoms with Crippen LogP contribution >= 0.6 is 0 Å². The van der Waals surface area contributed by atoms with Crippen LogP contribution in [0.3, 0.4) is 0 Å². The van der Waals surface area contributed by atoms with E-state index in [-0.39, 0.29) is 11.8 Å². The Labute approximate surface area is 67.3 Å². The quantitative estimate of drug-likeness (QED) is 0.596. The molecule has 1 fully saturated rings. The Morgan fingerprint density at radius 2 is 2.36 bits per heavy atom. The van der Waals surface area contributed by atoms with Crippen LogP contribution in [0.15, 0.2) is 0 Å². The number of amides is 1. The van der Waals surface area contributed by atoms with Crippen molar-refractivity contribution in [1.82, 2.24) is 5.32 Å². The maximum absolute atomic E-state index is 11.1. The van der Waals surface area contributed by atoms with Gasteiger partial charge in [-0.2, -0.15) is 0 Å². The maximum atomic E-state index is 11.1. The van der Waals surface area contributed by atoms with Crippen LogP contribution in [-0.2, 0) is 4.79 Å². The van der Waals surface area contributed by atoms with Crippen molar-refractivity contribution in [3.63, 3.8) is 0 Å².